The number of carbonyl (C=O) groups is 2. The Morgan fingerprint density at radius 3 is 2.32 bits per heavy atom. The van der Waals surface area contributed by atoms with E-state index in [2.05, 4.69) is 27.7 Å². The van der Waals surface area contributed by atoms with Crippen molar-refractivity contribution in [2.45, 2.75) is 98.5 Å². The molecule has 172 valence electrons. The lowest BCUT2D eigenvalue weighted by atomic mass is 9.36. The summed E-state index contributed by atoms with van der Waals surface area (Å²) in [6, 6.07) is 0. The van der Waals surface area contributed by atoms with Gasteiger partial charge in [0.15, 0.2) is 5.78 Å². The van der Waals surface area contributed by atoms with Crippen molar-refractivity contribution < 1.29 is 19.8 Å². The van der Waals surface area contributed by atoms with Gasteiger partial charge in [0, 0.05) is 5.92 Å². The van der Waals surface area contributed by atoms with Gasteiger partial charge in [0.05, 0.1) is 11.5 Å². The molecule has 0 spiro atoms. The van der Waals surface area contributed by atoms with Crippen LogP contribution in [0.25, 0.3) is 0 Å². The Bertz CT molecular complexity index is 876. The first-order valence-corrected chi connectivity index (χ1v) is 12.5. The van der Waals surface area contributed by atoms with Crippen LogP contribution in [-0.2, 0) is 9.59 Å². The van der Waals surface area contributed by atoms with Crippen LogP contribution in [0, 0.1) is 44.8 Å². The highest BCUT2D eigenvalue weighted by atomic mass is 16.4. The number of carboxylic acid groups (broad SMARTS) is 1. The third-order valence-corrected chi connectivity index (χ3v) is 11.9. The molecule has 5 aliphatic carbocycles. The van der Waals surface area contributed by atoms with E-state index < -0.39 is 11.4 Å². The molecule has 4 heteroatoms. The van der Waals surface area contributed by atoms with Crippen LogP contribution in [0.3, 0.4) is 0 Å². The van der Waals surface area contributed by atoms with Gasteiger partial charge in [0.2, 0.25) is 0 Å². The fraction of sp³-hybridized carbons (Fsp3) is 0.852. The Morgan fingerprint density at radius 2 is 1.65 bits per heavy atom. The predicted molar refractivity (Wildman–Crippen MR) is 119 cm³/mol. The van der Waals surface area contributed by atoms with E-state index in [1.165, 1.54) is 5.57 Å². The third kappa shape index (κ3) is 2.52. The highest BCUT2D eigenvalue weighted by Crippen LogP contribution is 2.74. The number of fused-ring (bicyclic) bond motifs is 7. The molecule has 0 bridgehead atoms. The molecule has 0 aromatic rings. The van der Waals surface area contributed by atoms with Crippen LogP contribution in [0.4, 0.5) is 0 Å². The van der Waals surface area contributed by atoms with Crippen molar-refractivity contribution in [1.82, 2.24) is 0 Å². The van der Waals surface area contributed by atoms with Crippen molar-refractivity contribution in [3.05, 3.63) is 11.6 Å². The number of ketones is 1. The van der Waals surface area contributed by atoms with Crippen molar-refractivity contribution in [3.63, 3.8) is 0 Å². The van der Waals surface area contributed by atoms with Crippen molar-refractivity contribution in [2.24, 2.45) is 44.8 Å². The number of hydrogen-bond acceptors (Lipinski definition) is 3. The minimum absolute atomic E-state index is 0.0385. The number of aliphatic carboxylic acids is 1. The summed E-state index contributed by atoms with van der Waals surface area (Å²) in [5.74, 6) is -0.0809. The molecule has 0 heterocycles. The molecule has 4 nitrogen and oxygen atoms in total. The quantitative estimate of drug-likeness (QED) is 0.587. The van der Waals surface area contributed by atoms with Gasteiger partial charge in [-0.25, -0.2) is 0 Å². The fourth-order valence-corrected chi connectivity index (χ4v) is 9.42. The van der Waals surface area contributed by atoms with E-state index in [4.69, 9.17) is 0 Å². The maximum Gasteiger partial charge on any atom is 0.309 e. The van der Waals surface area contributed by atoms with E-state index >= 15 is 0 Å². The Morgan fingerprint density at radius 1 is 0.968 bits per heavy atom. The summed E-state index contributed by atoms with van der Waals surface area (Å²) >= 11 is 0. The summed E-state index contributed by atoms with van der Waals surface area (Å²) in [6.45, 7) is 11.3. The van der Waals surface area contributed by atoms with Crippen molar-refractivity contribution in [2.75, 3.05) is 0 Å². The van der Waals surface area contributed by atoms with E-state index in [0.717, 1.165) is 51.4 Å². The van der Waals surface area contributed by atoms with Crippen LogP contribution in [-0.4, -0.2) is 28.1 Å². The molecule has 5 rings (SSSR count). The average molecular weight is 429 g/mol. The number of carbonyl (C=O) groups excluding carboxylic acids is 1. The normalized spacial score (nSPS) is 56.1. The second-order valence-electron chi connectivity index (χ2n) is 13.2. The molecular formula is C27H40O4. The Balaban J connectivity index is 1.63. The van der Waals surface area contributed by atoms with E-state index in [-0.39, 0.29) is 51.3 Å². The Hall–Kier alpha value is -1.16. The maximum atomic E-state index is 13.9. The second kappa shape index (κ2) is 6.24. The lowest BCUT2D eigenvalue weighted by Crippen LogP contribution is -2.63. The minimum Gasteiger partial charge on any atom is -0.481 e. The first kappa shape index (κ1) is 21.7. The van der Waals surface area contributed by atoms with Gasteiger partial charge in [-0.2, -0.15) is 0 Å². The molecule has 0 aromatic heterocycles. The van der Waals surface area contributed by atoms with E-state index in [9.17, 15) is 19.8 Å². The maximum absolute atomic E-state index is 13.9. The average Bonchev–Trinajstić information content (AvgIpc) is 2.99. The highest BCUT2D eigenvalue weighted by molar-refractivity contribution is 5.95. The fourth-order valence-electron chi connectivity index (χ4n) is 9.42. The Kier molecular flexibility index (Phi) is 4.36. The number of rotatable bonds is 1. The molecule has 31 heavy (non-hydrogen) atoms. The molecule has 0 aromatic carbocycles. The van der Waals surface area contributed by atoms with Gasteiger partial charge < -0.3 is 10.2 Å². The van der Waals surface area contributed by atoms with E-state index in [1.807, 2.05) is 13.0 Å². The molecule has 9 atom stereocenters. The summed E-state index contributed by atoms with van der Waals surface area (Å²) in [6.07, 6.45) is 9.93. The van der Waals surface area contributed by atoms with Crippen LogP contribution < -0.4 is 0 Å². The van der Waals surface area contributed by atoms with Gasteiger partial charge in [0.1, 0.15) is 0 Å². The van der Waals surface area contributed by atoms with Gasteiger partial charge in [-0.05, 0) is 104 Å². The lowest BCUT2D eigenvalue weighted by Gasteiger charge is -2.67. The zero-order valence-electron chi connectivity index (χ0n) is 20.0. The molecule has 0 aliphatic heterocycles. The first-order chi connectivity index (χ1) is 14.3. The predicted octanol–water partition coefficient (Wildman–Crippen LogP) is 5.39. The van der Waals surface area contributed by atoms with Crippen LogP contribution in [0.1, 0.15) is 92.4 Å². The molecule has 5 aliphatic rings. The molecule has 0 amide bonds. The van der Waals surface area contributed by atoms with Crippen LogP contribution in [0.5, 0.6) is 0 Å². The molecule has 0 unspecified atom stereocenters. The molecular weight excluding hydrogens is 388 g/mol. The smallest absolute Gasteiger partial charge is 0.309 e. The molecule has 4 fully saturated rings. The number of carboxylic acids is 1. The number of hydrogen-bond donors (Lipinski definition) is 2. The number of aliphatic hydroxyl groups excluding tert-OH is 1. The summed E-state index contributed by atoms with van der Waals surface area (Å²) in [5, 5.41) is 20.6. The summed E-state index contributed by atoms with van der Waals surface area (Å²) in [5.41, 5.74) is 0.322. The number of aliphatic hydroxyl groups is 1. The summed E-state index contributed by atoms with van der Waals surface area (Å²) in [7, 11) is 0. The zero-order valence-corrected chi connectivity index (χ0v) is 20.0. The second-order valence-corrected chi connectivity index (χ2v) is 13.2. The monoisotopic (exact) mass is 428 g/mol. The summed E-state index contributed by atoms with van der Waals surface area (Å²) in [4.78, 5) is 26.0. The summed E-state index contributed by atoms with van der Waals surface area (Å²) < 4.78 is 0. The van der Waals surface area contributed by atoms with Gasteiger partial charge >= 0.3 is 5.97 Å². The minimum atomic E-state index is -0.705. The Labute approximate surface area is 186 Å². The van der Waals surface area contributed by atoms with Gasteiger partial charge in [0.25, 0.3) is 0 Å². The molecule has 0 radical (unpaired) electrons. The lowest BCUT2D eigenvalue weighted by molar-refractivity contribution is -0.167. The van der Waals surface area contributed by atoms with Crippen molar-refractivity contribution in [1.29, 1.82) is 0 Å². The van der Waals surface area contributed by atoms with Crippen molar-refractivity contribution >= 4 is 11.8 Å². The van der Waals surface area contributed by atoms with Crippen LogP contribution in [0.15, 0.2) is 11.6 Å². The standard InChI is InChI=1S/C27H40O4/c1-23-10-11-24(2,22(30)31)15-18(23)17-14-20(29)21-25(3)8-7-19(28)16(25)6-9-27(21,5)26(17,4)13-12-23/h14,16,18-19,21,28H,6-13,15H2,1-5H3,(H,30,31)/t16-,18-,19+,21+,23+,24-,25-,26+,27+/m0/s1. The first-order valence-electron chi connectivity index (χ1n) is 12.5. The zero-order chi connectivity index (χ0) is 22.6. The highest BCUT2D eigenvalue weighted by Gasteiger charge is 2.69. The molecule has 2 N–H and O–H groups in total. The van der Waals surface area contributed by atoms with Crippen molar-refractivity contribution in [3.8, 4) is 0 Å². The van der Waals surface area contributed by atoms with E-state index in [1.54, 1.807) is 0 Å². The molecule has 4 saturated carbocycles. The van der Waals surface area contributed by atoms with E-state index in [0.29, 0.717) is 6.42 Å². The van der Waals surface area contributed by atoms with Crippen LogP contribution in [0.2, 0.25) is 0 Å². The number of allylic oxidation sites excluding steroid dienone is 2. The topological polar surface area (TPSA) is 74.6 Å². The van der Waals surface area contributed by atoms with Gasteiger partial charge in [-0.15, -0.1) is 0 Å². The van der Waals surface area contributed by atoms with Gasteiger partial charge in [-0.3, -0.25) is 9.59 Å². The van der Waals surface area contributed by atoms with Gasteiger partial charge in [-0.1, -0.05) is 33.3 Å². The SMILES string of the molecule is C[C@]1(C(=O)O)CC[C@]2(C)CC[C@]3(C)C(=CC(=O)[C@@H]4[C@@]5(C)CC[C@@H](O)[C@@H]5CC[C@]43C)[C@@H]2C1. The largest absolute Gasteiger partial charge is 0.481 e. The third-order valence-electron chi connectivity index (χ3n) is 11.9. The molecule has 0 saturated heterocycles. The van der Waals surface area contributed by atoms with Crippen LogP contribution >= 0.6 is 0 Å².